The van der Waals surface area contributed by atoms with Gasteiger partial charge in [0.2, 0.25) is 0 Å². The lowest BCUT2D eigenvalue weighted by Crippen LogP contribution is -2.30. The summed E-state index contributed by atoms with van der Waals surface area (Å²) in [5.41, 5.74) is -0.703. The van der Waals surface area contributed by atoms with Gasteiger partial charge in [0, 0.05) is 11.1 Å². The van der Waals surface area contributed by atoms with E-state index in [1.807, 2.05) is 0 Å². The van der Waals surface area contributed by atoms with Crippen LogP contribution in [0.3, 0.4) is 0 Å². The molecule has 0 saturated carbocycles. The highest BCUT2D eigenvalue weighted by Gasteiger charge is 2.48. The molecule has 0 radical (unpaired) electrons. The lowest BCUT2D eigenvalue weighted by atomic mass is 9.94. The average molecular weight is 472 g/mol. The van der Waals surface area contributed by atoms with Gasteiger partial charge in [-0.05, 0) is 48.0 Å². The number of benzene rings is 3. The van der Waals surface area contributed by atoms with Crippen LogP contribution in [0.15, 0.2) is 66.2 Å². The van der Waals surface area contributed by atoms with Gasteiger partial charge in [-0.1, -0.05) is 23.7 Å². The summed E-state index contributed by atoms with van der Waals surface area (Å²) < 4.78 is 33.9. The molecule has 3 aromatic rings. The van der Waals surface area contributed by atoms with E-state index in [2.05, 4.69) is 0 Å². The molecule has 1 unspecified atom stereocenters. The van der Waals surface area contributed by atoms with Crippen LogP contribution >= 0.6 is 11.6 Å². The Balaban J connectivity index is 2.03. The fraction of sp³-hybridized carbons (Fsp3) is 0.0833. The van der Waals surface area contributed by atoms with E-state index in [0.717, 1.165) is 23.1 Å². The van der Waals surface area contributed by atoms with Crippen molar-refractivity contribution >= 4 is 34.7 Å². The highest BCUT2D eigenvalue weighted by Crippen LogP contribution is 2.44. The predicted molar refractivity (Wildman–Crippen MR) is 117 cm³/mol. The van der Waals surface area contributed by atoms with Crippen molar-refractivity contribution in [1.82, 2.24) is 0 Å². The molecule has 1 amide bonds. The zero-order chi connectivity index (χ0) is 23.9. The molecule has 0 bridgehead atoms. The van der Waals surface area contributed by atoms with Crippen molar-refractivity contribution in [2.24, 2.45) is 0 Å². The van der Waals surface area contributed by atoms with Crippen molar-refractivity contribution < 1.29 is 33.3 Å². The number of aliphatic hydroxyl groups is 1. The number of hydrogen-bond donors (Lipinski definition) is 2. The zero-order valence-corrected chi connectivity index (χ0v) is 17.8. The number of nitrogens with zero attached hydrogens (tertiary/aromatic N) is 1. The second kappa shape index (κ2) is 8.55. The standard InChI is InChI=1S/C24H16ClF2NO5/c1-33-19-8-5-13(25)10-16(19)22(30)20-21(12-3-2-4-15(29)9-12)28(24(32)23(20)31)18-11-14(26)6-7-17(18)27/h2-11,21,29-30H,1H3/b22-20+. The largest absolute Gasteiger partial charge is 0.508 e. The lowest BCUT2D eigenvalue weighted by molar-refractivity contribution is -0.132. The van der Waals surface area contributed by atoms with E-state index in [1.165, 1.54) is 49.6 Å². The fourth-order valence-corrected chi connectivity index (χ4v) is 3.94. The first-order chi connectivity index (χ1) is 15.7. The smallest absolute Gasteiger partial charge is 0.300 e. The first-order valence-corrected chi connectivity index (χ1v) is 9.99. The second-order valence-corrected chi connectivity index (χ2v) is 7.64. The first-order valence-electron chi connectivity index (χ1n) is 9.61. The number of carbonyl (C=O) groups is 2. The summed E-state index contributed by atoms with van der Waals surface area (Å²) in [6.07, 6.45) is 0. The third kappa shape index (κ3) is 3.89. The molecule has 2 N–H and O–H groups in total. The highest BCUT2D eigenvalue weighted by atomic mass is 35.5. The third-order valence-electron chi connectivity index (χ3n) is 5.21. The quantitative estimate of drug-likeness (QED) is 0.319. The van der Waals surface area contributed by atoms with Crippen molar-refractivity contribution in [2.75, 3.05) is 12.0 Å². The Labute approximate surface area is 191 Å². The Kier molecular flexibility index (Phi) is 5.78. The van der Waals surface area contributed by atoms with Crippen LogP contribution in [0, 0.1) is 11.6 Å². The van der Waals surface area contributed by atoms with Crippen molar-refractivity contribution in [2.45, 2.75) is 6.04 Å². The number of ether oxygens (including phenoxy) is 1. The molecule has 3 aromatic carbocycles. The van der Waals surface area contributed by atoms with Gasteiger partial charge in [-0.15, -0.1) is 0 Å². The molecule has 1 atom stereocenters. The van der Waals surface area contributed by atoms with Gasteiger partial charge in [0.25, 0.3) is 11.7 Å². The average Bonchev–Trinajstić information content (AvgIpc) is 3.05. The van der Waals surface area contributed by atoms with E-state index in [9.17, 15) is 28.6 Å². The van der Waals surface area contributed by atoms with Gasteiger partial charge in [-0.25, -0.2) is 8.78 Å². The van der Waals surface area contributed by atoms with Gasteiger partial charge in [0.1, 0.15) is 28.9 Å². The number of halogens is 3. The number of rotatable bonds is 4. The van der Waals surface area contributed by atoms with Gasteiger partial charge < -0.3 is 14.9 Å². The van der Waals surface area contributed by atoms with Crippen LogP contribution in [-0.2, 0) is 9.59 Å². The van der Waals surface area contributed by atoms with Gasteiger partial charge in [0.05, 0.1) is 30.0 Å². The monoisotopic (exact) mass is 471 g/mol. The van der Waals surface area contributed by atoms with Crippen molar-refractivity contribution in [3.05, 3.63) is 94.0 Å². The van der Waals surface area contributed by atoms with Crippen LogP contribution < -0.4 is 9.64 Å². The normalized spacial score (nSPS) is 17.5. The molecular formula is C24H16ClF2NO5. The Morgan fingerprint density at radius 1 is 1.06 bits per heavy atom. The maximum atomic E-state index is 14.7. The highest BCUT2D eigenvalue weighted by molar-refractivity contribution is 6.51. The third-order valence-corrected chi connectivity index (χ3v) is 5.45. The Morgan fingerprint density at radius 2 is 1.82 bits per heavy atom. The lowest BCUT2D eigenvalue weighted by Gasteiger charge is -2.26. The van der Waals surface area contributed by atoms with Crippen LogP contribution in [0.4, 0.5) is 14.5 Å². The maximum absolute atomic E-state index is 14.7. The number of phenolic OH excluding ortho intramolecular Hbond substituents is 1. The number of methoxy groups -OCH3 is 1. The Hall–Kier alpha value is -3.91. The number of hydrogen-bond acceptors (Lipinski definition) is 5. The molecular weight excluding hydrogens is 456 g/mol. The van der Waals surface area contributed by atoms with Crippen LogP contribution in [0.5, 0.6) is 11.5 Å². The van der Waals surface area contributed by atoms with Gasteiger partial charge in [-0.3, -0.25) is 14.5 Å². The van der Waals surface area contributed by atoms with E-state index in [-0.39, 0.29) is 27.6 Å². The number of carbonyl (C=O) groups excluding carboxylic acids is 2. The summed E-state index contributed by atoms with van der Waals surface area (Å²) in [5.74, 6) is -4.77. The molecule has 1 aliphatic heterocycles. The van der Waals surface area contributed by atoms with E-state index < -0.39 is 46.4 Å². The number of amides is 1. The second-order valence-electron chi connectivity index (χ2n) is 7.20. The summed E-state index contributed by atoms with van der Waals surface area (Å²) in [6.45, 7) is 0. The van der Waals surface area contributed by atoms with Crippen LogP contribution in [-0.4, -0.2) is 29.0 Å². The molecule has 1 aliphatic rings. The molecule has 0 aliphatic carbocycles. The minimum atomic E-state index is -1.38. The summed E-state index contributed by atoms with van der Waals surface area (Å²) in [7, 11) is 1.34. The molecule has 0 aromatic heterocycles. The molecule has 1 fully saturated rings. The number of phenols is 1. The summed E-state index contributed by atoms with van der Waals surface area (Å²) in [4.78, 5) is 26.9. The van der Waals surface area contributed by atoms with E-state index in [0.29, 0.717) is 0 Å². The van der Waals surface area contributed by atoms with Gasteiger partial charge >= 0.3 is 0 Å². The summed E-state index contributed by atoms with van der Waals surface area (Å²) >= 11 is 6.05. The summed E-state index contributed by atoms with van der Waals surface area (Å²) in [5, 5.41) is 21.3. The predicted octanol–water partition coefficient (Wildman–Crippen LogP) is 4.96. The van der Waals surface area contributed by atoms with Crippen LogP contribution in [0.2, 0.25) is 5.02 Å². The van der Waals surface area contributed by atoms with Crippen molar-refractivity contribution in [3.63, 3.8) is 0 Å². The van der Waals surface area contributed by atoms with E-state index in [1.54, 1.807) is 0 Å². The van der Waals surface area contributed by atoms with Gasteiger partial charge in [0.15, 0.2) is 0 Å². The maximum Gasteiger partial charge on any atom is 0.300 e. The van der Waals surface area contributed by atoms with Crippen LogP contribution in [0.1, 0.15) is 17.2 Å². The first kappa shape index (κ1) is 22.3. The molecule has 1 saturated heterocycles. The number of aromatic hydroxyl groups is 1. The number of anilines is 1. The molecule has 9 heteroatoms. The van der Waals surface area contributed by atoms with Crippen molar-refractivity contribution in [1.29, 1.82) is 0 Å². The molecule has 0 spiro atoms. The Bertz CT molecular complexity index is 1320. The SMILES string of the molecule is COc1ccc(Cl)cc1/C(O)=C1\C(=O)C(=O)N(c2cc(F)ccc2F)C1c1cccc(O)c1. The zero-order valence-electron chi connectivity index (χ0n) is 17.1. The molecule has 4 rings (SSSR count). The fourth-order valence-electron chi connectivity index (χ4n) is 3.77. The van der Waals surface area contributed by atoms with E-state index in [4.69, 9.17) is 16.3 Å². The topological polar surface area (TPSA) is 87.1 Å². The van der Waals surface area contributed by atoms with Crippen LogP contribution in [0.25, 0.3) is 5.76 Å². The minimum absolute atomic E-state index is 0.0212. The van der Waals surface area contributed by atoms with Crippen molar-refractivity contribution in [3.8, 4) is 11.5 Å². The summed E-state index contributed by atoms with van der Waals surface area (Å²) in [6, 6.07) is 10.9. The number of aliphatic hydroxyl groups excluding tert-OH is 1. The molecule has 168 valence electrons. The number of ketones is 1. The van der Waals surface area contributed by atoms with Gasteiger partial charge in [-0.2, -0.15) is 0 Å². The molecule has 1 heterocycles. The molecule has 6 nitrogen and oxygen atoms in total. The Morgan fingerprint density at radius 3 is 2.52 bits per heavy atom. The van der Waals surface area contributed by atoms with E-state index >= 15 is 0 Å². The molecule has 33 heavy (non-hydrogen) atoms. The number of Topliss-reactive ketones (excluding diaryl/α,β-unsaturated/α-hetero) is 1. The minimum Gasteiger partial charge on any atom is -0.508 e.